The van der Waals surface area contributed by atoms with Crippen LogP contribution in [0, 0.1) is 5.82 Å². The van der Waals surface area contributed by atoms with E-state index in [0.29, 0.717) is 11.0 Å². The van der Waals surface area contributed by atoms with E-state index in [-0.39, 0.29) is 30.4 Å². The second-order valence-electron chi connectivity index (χ2n) is 6.94. The minimum Gasteiger partial charge on any atom is -0.488 e. The van der Waals surface area contributed by atoms with Crippen LogP contribution in [0.5, 0.6) is 5.75 Å². The largest absolute Gasteiger partial charge is 0.488 e. The minimum atomic E-state index is -0.530. The maximum Gasteiger partial charge on any atom is 0.269 e. The number of ether oxygens (including phenoxy) is 1. The summed E-state index contributed by atoms with van der Waals surface area (Å²) in [5, 5.41) is 2.90. The van der Waals surface area contributed by atoms with Crippen LogP contribution in [0.15, 0.2) is 89.9 Å². The minimum absolute atomic E-state index is 0.0304. The van der Waals surface area contributed by atoms with Crippen LogP contribution >= 0.6 is 0 Å². The molecule has 0 bridgehead atoms. The Kier molecular flexibility index (Phi) is 6.03. The second kappa shape index (κ2) is 9.21. The molecule has 4 aromatic rings. The molecule has 1 amide bonds. The van der Waals surface area contributed by atoms with Crippen molar-refractivity contribution < 1.29 is 13.9 Å². The highest BCUT2D eigenvalue weighted by Crippen LogP contribution is 2.19. The van der Waals surface area contributed by atoms with Gasteiger partial charge in [-0.1, -0.05) is 54.6 Å². The van der Waals surface area contributed by atoms with E-state index in [1.54, 1.807) is 30.3 Å². The number of benzene rings is 3. The second-order valence-corrected chi connectivity index (χ2v) is 6.94. The van der Waals surface area contributed by atoms with E-state index >= 15 is 0 Å². The van der Waals surface area contributed by atoms with Crippen molar-refractivity contribution >= 4 is 16.9 Å². The summed E-state index contributed by atoms with van der Waals surface area (Å²) >= 11 is 0. The van der Waals surface area contributed by atoms with Gasteiger partial charge < -0.3 is 10.1 Å². The van der Waals surface area contributed by atoms with Crippen LogP contribution in [0.2, 0.25) is 0 Å². The van der Waals surface area contributed by atoms with Crippen LogP contribution in [-0.2, 0) is 11.3 Å². The fourth-order valence-electron chi connectivity index (χ4n) is 3.30. The Balaban J connectivity index is 1.54. The highest BCUT2D eigenvalue weighted by molar-refractivity contribution is 5.80. The SMILES string of the molecule is O=C(Cn1c(=O)cnc2ccccc21)NC(COc1ccccc1F)c1ccccc1. The van der Waals surface area contributed by atoms with Gasteiger partial charge in [-0.2, -0.15) is 0 Å². The molecule has 1 unspecified atom stereocenters. The van der Waals surface area contributed by atoms with E-state index in [1.165, 1.54) is 22.9 Å². The lowest BCUT2D eigenvalue weighted by molar-refractivity contribution is -0.122. The van der Waals surface area contributed by atoms with E-state index in [1.807, 2.05) is 36.4 Å². The third-order valence-electron chi connectivity index (χ3n) is 4.83. The molecular formula is C24H20FN3O3. The lowest BCUT2D eigenvalue weighted by atomic mass is 10.1. The standard InChI is InChI=1S/C24H20FN3O3/c25-18-10-4-7-13-22(18)31-16-20(17-8-2-1-3-9-17)27-23(29)15-28-21-12-6-5-11-19(21)26-14-24(28)30/h1-14,20H,15-16H2,(H,27,29). The fraction of sp³-hybridized carbons (Fsp3) is 0.125. The van der Waals surface area contributed by atoms with E-state index in [4.69, 9.17) is 4.74 Å². The molecule has 0 fully saturated rings. The number of aromatic nitrogens is 2. The van der Waals surface area contributed by atoms with Gasteiger partial charge in [-0.15, -0.1) is 0 Å². The summed E-state index contributed by atoms with van der Waals surface area (Å²) in [6.07, 6.45) is 1.20. The van der Waals surface area contributed by atoms with Gasteiger partial charge >= 0.3 is 0 Å². The number of carbonyl (C=O) groups excluding carboxylic acids is 1. The molecule has 4 rings (SSSR count). The number of hydrogen-bond acceptors (Lipinski definition) is 4. The summed E-state index contributed by atoms with van der Waals surface area (Å²) in [5.41, 5.74) is 1.63. The number of nitrogens with zero attached hydrogens (tertiary/aromatic N) is 2. The Labute approximate surface area is 177 Å². The van der Waals surface area contributed by atoms with Crippen molar-refractivity contribution in [3.63, 3.8) is 0 Å². The van der Waals surface area contributed by atoms with Gasteiger partial charge in [-0.05, 0) is 29.8 Å². The number of para-hydroxylation sites is 3. The Morgan fingerprint density at radius 3 is 2.52 bits per heavy atom. The number of fused-ring (bicyclic) bond motifs is 1. The molecule has 0 aliphatic heterocycles. The first-order chi connectivity index (χ1) is 15.1. The lowest BCUT2D eigenvalue weighted by Crippen LogP contribution is -2.37. The summed E-state index contributed by atoms with van der Waals surface area (Å²) in [4.78, 5) is 29.3. The maximum absolute atomic E-state index is 13.9. The van der Waals surface area contributed by atoms with Gasteiger partial charge in [0.1, 0.15) is 13.2 Å². The summed E-state index contributed by atoms with van der Waals surface area (Å²) in [6, 6.07) is 21.9. The van der Waals surface area contributed by atoms with Crippen molar-refractivity contribution in [1.82, 2.24) is 14.9 Å². The molecule has 156 valence electrons. The predicted octanol–water partition coefficient (Wildman–Crippen LogP) is 3.47. The maximum atomic E-state index is 13.9. The molecule has 0 aliphatic rings. The average Bonchev–Trinajstić information content (AvgIpc) is 2.80. The molecule has 0 saturated heterocycles. The molecule has 0 radical (unpaired) electrons. The molecule has 31 heavy (non-hydrogen) atoms. The summed E-state index contributed by atoms with van der Waals surface area (Å²) in [7, 11) is 0. The topological polar surface area (TPSA) is 73.2 Å². The highest BCUT2D eigenvalue weighted by atomic mass is 19.1. The third-order valence-corrected chi connectivity index (χ3v) is 4.83. The lowest BCUT2D eigenvalue weighted by Gasteiger charge is -2.20. The fourth-order valence-corrected chi connectivity index (χ4v) is 3.30. The van der Waals surface area contributed by atoms with Crippen LogP contribution in [-0.4, -0.2) is 22.1 Å². The zero-order chi connectivity index (χ0) is 21.6. The van der Waals surface area contributed by atoms with Gasteiger partial charge in [-0.25, -0.2) is 9.37 Å². The Morgan fingerprint density at radius 2 is 1.71 bits per heavy atom. The van der Waals surface area contributed by atoms with Crippen molar-refractivity contribution in [2.45, 2.75) is 12.6 Å². The Morgan fingerprint density at radius 1 is 1.00 bits per heavy atom. The number of carbonyl (C=O) groups is 1. The van der Waals surface area contributed by atoms with Crippen LogP contribution in [0.25, 0.3) is 11.0 Å². The van der Waals surface area contributed by atoms with Gasteiger partial charge in [-0.3, -0.25) is 14.2 Å². The van der Waals surface area contributed by atoms with Gasteiger partial charge in [0.05, 0.1) is 23.3 Å². The number of rotatable bonds is 7. The number of nitrogens with one attached hydrogen (secondary N) is 1. The zero-order valence-corrected chi connectivity index (χ0v) is 16.6. The summed E-state index contributed by atoms with van der Waals surface area (Å²) in [5.74, 6) is -0.742. The van der Waals surface area contributed by atoms with Gasteiger partial charge in [0.2, 0.25) is 5.91 Å². The zero-order valence-electron chi connectivity index (χ0n) is 16.6. The smallest absolute Gasteiger partial charge is 0.269 e. The molecule has 7 heteroatoms. The van der Waals surface area contributed by atoms with E-state index in [2.05, 4.69) is 10.3 Å². The Hall–Kier alpha value is -4.00. The quantitative estimate of drug-likeness (QED) is 0.500. The molecule has 1 N–H and O–H groups in total. The molecule has 0 saturated carbocycles. The molecule has 6 nitrogen and oxygen atoms in total. The first-order valence-electron chi connectivity index (χ1n) is 9.78. The number of amides is 1. The van der Waals surface area contributed by atoms with E-state index in [0.717, 1.165) is 5.56 Å². The molecule has 1 atom stereocenters. The van der Waals surface area contributed by atoms with Crippen molar-refractivity contribution in [2.24, 2.45) is 0 Å². The molecule has 1 heterocycles. The summed E-state index contributed by atoms with van der Waals surface area (Å²) < 4.78 is 20.9. The molecule has 3 aromatic carbocycles. The molecule has 0 spiro atoms. The van der Waals surface area contributed by atoms with Crippen LogP contribution in [0.4, 0.5) is 4.39 Å². The normalized spacial score (nSPS) is 11.8. The van der Waals surface area contributed by atoms with Crippen molar-refractivity contribution in [2.75, 3.05) is 6.61 Å². The van der Waals surface area contributed by atoms with Crippen molar-refractivity contribution in [1.29, 1.82) is 0 Å². The molecular weight excluding hydrogens is 397 g/mol. The van der Waals surface area contributed by atoms with Crippen LogP contribution < -0.4 is 15.6 Å². The predicted molar refractivity (Wildman–Crippen MR) is 115 cm³/mol. The summed E-state index contributed by atoms with van der Waals surface area (Å²) in [6.45, 7) is -0.145. The first-order valence-corrected chi connectivity index (χ1v) is 9.78. The number of halogens is 1. The highest BCUT2D eigenvalue weighted by Gasteiger charge is 2.18. The van der Waals surface area contributed by atoms with Gasteiger partial charge in [0.15, 0.2) is 11.6 Å². The third kappa shape index (κ3) is 4.78. The monoisotopic (exact) mass is 417 g/mol. The van der Waals surface area contributed by atoms with E-state index < -0.39 is 11.9 Å². The van der Waals surface area contributed by atoms with Crippen LogP contribution in [0.1, 0.15) is 11.6 Å². The first kappa shape index (κ1) is 20.3. The average molecular weight is 417 g/mol. The van der Waals surface area contributed by atoms with Crippen molar-refractivity contribution in [3.05, 3.63) is 107 Å². The van der Waals surface area contributed by atoms with Crippen molar-refractivity contribution in [3.8, 4) is 5.75 Å². The number of hydrogen-bond donors (Lipinski definition) is 1. The van der Waals surface area contributed by atoms with Gasteiger partial charge in [0.25, 0.3) is 5.56 Å². The van der Waals surface area contributed by atoms with E-state index in [9.17, 15) is 14.0 Å². The van der Waals surface area contributed by atoms with Crippen LogP contribution in [0.3, 0.4) is 0 Å². The Bertz CT molecular complexity index is 1260. The van der Waals surface area contributed by atoms with Gasteiger partial charge in [0, 0.05) is 0 Å². The molecule has 0 aliphatic carbocycles. The molecule has 1 aromatic heterocycles.